The Kier molecular flexibility index (Phi) is 4.56. The van der Waals surface area contributed by atoms with E-state index in [1.54, 1.807) is 0 Å². The van der Waals surface area contributed by atoms with E-state index in [0.29, 0.717) is 0 Å². The average molecular weight is 261 g/mol. The Balaban J connectivity index is 2.14. The molecule has 0 aliphatic carbocycles. The fraction of sp³-hybridized carbons (Fsp3) is 0.533. The van der Waals surface area contributed by atoms with E-state index in [1.807, 2.05) is 37.2 Å². The van der Waals surface area contributed by atoms with Crippen LogP contribution in [0.5, 0.6) is 0 Å². The van der Waals surface area contributed by atoms with E-state index in [9.17, 15) is 4.79 Å². The smallest absolute Gasteiger partial charge is 0.254 e. The first-order valence-corrected chi connectivity index (χ1v) is 6.83. The third-order valence-corrected chi connectivity index (χ3v) is 3.43. The molecule has 4 nitrogen and oxygen atoms in total. The topological polar surface area (TPSA) is 35.6 Å². The highest BCUT2D eigenvalue weighted by Crippen LogP contribution is 2.13. The first-order chi connectivity index (χ1) is 9.08. The first-order valence-electron chi connectivity index (χ1n) is 6.83. The number of rotatable bonds is 3. The number of hydrogen-bond acceptors (Lipinski definition) is 3. The van der Waals surface area contributed by atoms with Gasteiger partial charge in [0.2, 0.25) is 0 Å². The van der Waals surface area contributed by atoms with Crippen LogP contribution in [0.1, 0.15) is 22.8 Å². The Morgan fingerprint density at radius 1 is 1.47 bits per heavy atom. The van der Waals surface area contributed by atoms with Gasteiger partial charge < -0.3 is 15.1 Å². The van der Waals surface area contributed by atoms with E-state index in [2.05, 4.69) is 23.2 Å². The van der Waals surface area contributed by atoms with Gasteiger partial charge in [-0.2, -0.15) is 0 Å². The lowest BCUT2D eigenvalue weighted by atomic mass is 10.1. The van der Waals surface area contributed by atoms with Gasteiger partial charge in [0.25, 0.3) is 5.91 Å². The lowest BCUT2D eigenvalue weighted by molar-refractivity contribution is 0.0655. The number of hydrogen-bond donors (Lipinski definition) is 1. The van der Waals surface area contributed by atoms with Crippen LogP contribution in [0.4, 0.5) is 0 Å². The van der Waals surface area contributed by atoms with Crippen LogP contribution in [0.3, 0.4) is 0 Å². The second kappa shape index (κ2) is 6.17. The summed E-state index contributed by atoms with van der Waals surface area (Å²) in [5, 5.41) is 3.31. The second-order valence-electron chi connectivity index (χ2n) is 5.49. The van der Waals surface area contributed by atoms with Gasteiger partial charge in [-0.15, -0.1) is 0 Å². The van der Waals surface area contributed by atoms with Crippen LogP contribution in [0.2, 0.25) is 0 Å². The van der Waals surface area contributed by atoms with E-state index < -0.39 is 0 Å². The minimum absolute atomic E-state index is 0.148. The van der Waals surface area contributed by atoms with Crippen molar-refractivity contribution in [2.75, 3.05) is 33.7 Å². The van der Waals surface area contributed by atoms with Crippen molar-refractivity contribution >= 4 is 5.91 Å². The molecule has 1 N–H and O–H groups in total. The van der Waals surface area contributed by atoms with Gasteiger partial charge in [0, 0.05) is 37.8 Å². The molecular weight excluding hydrogens is 238 g/mol. The summed E-state index contributed by atoms with van der Waals surface area (Å²) in [6, 6.07) is 8.23. The molecule has 1 heterocycles. The van der Waals surface area contributed by atoms with Crippen LogP contribution in [0.25, 0.3) is 0 Å². The van der Waals surface area contributed by atoms with E-state index in [4.69, 9.17) is 0 Å². The summed E-state index contributed by atoms with van der Waals surface area (Å²) in [4.78, 5) is 16.6. The maximum Gasteiger partial charge on any atom is 0.254 e. The molecule has 2 rings (SSSR count). The molecule has 19 heavy (non-hydrogen) atoms. The van der Waals surface area contributed by atoms with E-state index >= 15 is 0 Å². The van der Waals surface area contributed by atoms with Crippen molar-refractivity contribution in [2.24, 2.45) is 0 Å². The van der Waals surface area contributed by atoms with Crippen LogP contribution in [0, 0.1) is 0 Å². The molecule has 4 heteroatoms. The van der Waals surface area contributed by atoms with Crippen LogP contribution < -0.4 is 5.32 Å². The Morgan fingerprint density at radius 3 is 2.95 bits per heavy atom. The average Bonchev–Trinajstić information content (AvgIpc) is 2.38. The second-order valence-corrected chi connectivity index (χ2v) is 5.49. The Labute approximate surface area is 115 Å². The summed E-state index contributed by atoms with van der Waals surface area (Å²) < 4.78 is 0. The highest BCUT2D eigenvalue weighted by atomic mass is 16.2. The number of piperazine rings is 1. The van der Waals surface area contributed by atoms with Crippen molar-refractivity contribution in [2.45, 2.75) is 19.5 Å². The zero-order chi connectivity index (χ0) is 13.8. The zero-order valence-corrected chi connectivity index (χ0v) is 12.0. The van der Waals surface area contributed by atoms with Gasteiger partial charge in [-0.3, -0.25) is 4.79 Å². The van der Waals surface area contributed by atoms with Crippen LogP contribution >= 0.6 is 0 Å². The normalized spacial score (nSPS) is 19.8. The van der Waals surface area contributed by atoms with Crippen molar-refractivity contribution in [1.29, 1.82) is 0 Å². The van der Waals surface area contributed by atoms with Crippen LogP contribution in [-0.4, -0.2) is 55.5 Å². The number of nitrogens with one attached hydrogen (secondary N) is 1. The molecule has 1 aromatic rings. The fourth-order valence-electron chi connectivity index (χ4n) is 2.48. The SMILES string of the molecule is CC1CNCCN1C(=O)c1cccc(CN(C)C)c1. The van der Waals surface area contributed by atoms with E-state index in [0.717, 1.165) is 31.7 Å². The highest BCUT2D eigenvalue weighted by Gasteiger charge is 2.23. The number of benzene rings is 1. The molecule has 0 bridgehead atoms. The third-order valence-electron chi connectivity index (χ3n) is 3.43. The lowest BCUT2D eigenvalue weighted by Crippen LogP contribution is -2.52. The standard InChI is InChI=1S/C15H23N3O/c1-12-10-16-7-8-18(12)15(19)14-6-4-5-13(9-14)11-17(2)3/h4-6,9,12,16H,7-8,10-11H2,1-3H3. The number of amides is 1. The monoisotopic (exact) mass is 261 g/mol. The van der Waals surface area contributed by atoms with Crippen LogP contribution in [0.15, 0.2) is 24.3 Å². The molecule has 1 atom stereocenters. The molecule has 104 valence electrons. The maximum atomic E-state index is 12.5. The van der Waals surface area contributed by atoms with E-state index in [1.165, 1.54) is 5.56 Å². The molecule has 0 spiro atoms. The summed E-state index contributed by atoms with van der Waals surface area (Å²) >= 11 is 0. The van der Waals surface area contributed by atoms with Crippen molar-refractivity contribution in [3.8, 4) is 0 Å². The number of carbonyl (C=O) groups is 1. The molecule has 1 unspecified atom stereocenters. The van der Waals surface area contributed by atoms with Crippen LogP contribution in [-0.2, 0) is 6.54 Å². The first kappa shape index (κ1) is 14.0. The zero-order valence-electron chi connectivity index (χ0n) is 12.0. The number of carbonyl (C=O) groups excluding carboxylic acids is 1. The summed E-state index contributed by atoms with van der Waals surface area (Å²) in [5.74, 6) is 0.148. The summed E-state index contributed by atoms with van der Waals surface area (Å²) in [7, 11) is 4.07. The number of nitrogens with zero attached hydrogens (tertiary/aromatic N) is 2. The maximum absolute atomic E-state index is 12.5. The minimum Gasteiger partial charge on any atom is -0.333 e. The van der Waals surface area contributed by atoms with Gasteiger partial charge in [0.05, 0.1) is 0 Å². The molecule has 0 aromatic heterocycles. The van der Waals surface area contributed by atoms with E-state index in [-0.39, 0.29) is 11.9 Å². The van der Waals surface area contributed by atoms with Crippen molar-refractivity contribution in [3.05, 3.63) is 35.4 Å². The highest BCUT2D eigenvalue weighted by molar-refractivity contribution is 5.94. The summed E-state index contributed by atoms with van der Waals surface area (Å²) in [6.45, 7) is 5.50. The molecule has 1 aromatic carbocycles. The van der Waals surface area contributed by atoms with Crippen molar-refractivity contribution in [3.63, 3.8) is 0 Å². The van der Waals surface area contributed by atoms with Gasteiger partial charge in [0.15, 0.2) is 0 Å². The molecule has 1 amide bonds. The minimum atomic E-state index is 0.148. The predicted molar refractivity (Wildman–Crippen MR) is 77.2 cm³/mol. The van der Waals surface area contributed by atoms with Gasteiger partial charge >= 0.3 is 0 Å². The summed E-state index contributed by atoms with van der Waals surface area (Å²) in [6.07, 6.45) is 0. The molecule has 1 saturated heterocycles. The Hall–Kier alpha value is -1.39. The largest absolute Gasteiger partial charge is 0.333 e. The molecule has 0 radical (unpaired) electrons. The van der Waals surface area contributed by atoms with Gasteiger partial charge in [-0.05, 0) is 38.7 Å². The van der Waals surface area contributed by atoms with Gasteiger partial charge in [-0.1, -0.05) is 12.1 Å². The molecule has 1 aliphatic rings. The molecule has 0 saturated carbocycles. The molecule has 1 fully saturated rings. The quantitative estimate of drug-likeness (QED) is 0.887. The Morgan fingerprint density at radius 2 is 2.26 bits per heavy atom. The Bertz CT molecular complexity index is 445. The molecule has 1 aliphatic heterocycles. The van der Waals surface area contributed by atoms with Gasteiger partial charge in [0.1, 0.15) is 0 Å². The summed E-state index contributed by atoms with van der Waals surface area (Å²) in [5.41, 5.74) is 1.98. The third kappa shape index (κ3) is 3.55. The molecular formula is C15H23N3O. The van der Waals surface area contributed by atoms with Crippen molar-refractivity contribution < 1.29 is 4.79 Å². The fourth-order valence-corrected chi connectivity index (χ4v) is 2.48. The van der Waals surface area contributed by atoms with Crippen molar-refractivity contribution in [1.82, 2.24) is 15.1 Å². The lowest BCUT2D eigenvalue weighted by Gasteiger charge is -2.34. The predicted octanol–water partition coefficient (Wildman–Crippen LogP) is 1.18. The van der Waals surface area contributed by atoms with Gasteiger partial charge in [-0.25, -0.2) is 0 Å².